The molecule has 3 rings (SSSR count). The van der Waals surface area contributed by atoms with E-state index in [1.54, 1.807) is 6.07 Å². The highest BCUT2D eigenvalue weighted by atomic mass is 32.1. The van der Waals surface area contributed by atoms with E-state index in [4.69, 9.17) is 5.11 Å². The molecule has 1 fully saturated rings. The average Bonchev–Trinajstić information content (AvgIpc) is 3.38. The summed E-state index contributed by atoms with van der Waals surface area (Å²) in [5.74, 6) is -0.722. The molecule has 31 heavy (non-hydrogen) atoms. The van der Waals surface area contributed by atoms with Crippen LogP contribution < -0.4 is 4.90 Å². The number of thiophene rings is 1. The maximum atomic E-state index is 12.5. The summed E-state index contributed by atoms with van der Waals surface area (Å²) in [6.45, 7) is 2.18. The van der Waals surface area contributed by atoms with Gasteiger partial charge in [-0.15, -0.1) is 11.3 Å². The maximum absolute atomic E-state index is 12.5. The Balaban J connectivity index is 1.54. The molecule has 1 saturated heterocycles. The van der Waals surface area contributed by atoms with Crippen molar-refractivity contribution in [2.75, 3.05) is 4.90 Å². The maximum Gasteiger partial charge on any atom is 0.345 e. The van der Waals surface area contributed by atoms with Crippen LogP contribution in [0.15, 0.2) is 36.4 Å². The van der Waals surface area contributed by atoms with Crippen LogP contribution in [0.5, 0.6) is 0 Å². The van der Waals surface area contributed by atoms with E-state index in [2.05, 4.69) is 6.92 Å². The van der Waals surface area contributed by atoms with Gasteiger partial charge in [0.05, 0.1) is 6.10 Å². The van der Waals surface area contributed by atoms with Gasteiger partial charge in [-0.05, 0) is 61.9 Å². The van der Waals surface area contributed by atoms with Crippen LogP contribution in [0, 0.1) is 0 Å². The minimum Gasteiger partial charge on any atom is -0.477 e. The first-order valence-electron chi connectivity index (χ1n) is 11.4. The molecule has 2 heterocycles. The molecule has 0 aliphatic carbocycles. The number of hydrogen-bond donors (Lipinski definition) is 2. The summed E-state index contributed by atoms with van der Waals surface area (Å²) in [6.07, 6.45) is 8.97. The number of rotatable bonds is 12. The average molecular weight is 444 g/mol. The Morgan fingerprint density at radius 1 is 1.13 bits per heavy atom. The molecular formula is C25H33NO4S. The summed E-state index contributed by atoms with van der Waals surface area (Å²) in [6, 6.07) is 11.5. The number of carboxylic acids is 1. The number of anilines is 1. The number of aryl methyl sites for hydroxylation is 1. The molecule has 168 valence electrons. The standard InChI is InChI=1S/C25H33NO4S/c1-2-3-4-5-9-22(27)18-10-12-20(13-11-18)26-19(14-17-24(26)28)7-6-8-21-15-16-23(31-21)25(29)30/h10-13,15-16,19,22,27H,2-9,14,17H2,1H3,(H,29,30)/t19?,22-/m0/s1. The van der Waals surface area contributed by atoms with Gasteiger partial charge in [0.1, 0.15) is 4.88 Å². The van der Waals surface area contributed by atoms with Gasteiger partial charge in [0.15, 0.2) is 0 Å². The summed E-state index contributed by atoms with van der Waals surface area (Å²) in [5.41, 5.74) is 1.81. The predicted molar refractivity (Wildman–Crippen MR) is 125 cm³/mol. The summed E-state index contributed by atoms with van der Waals surface area (Å²) in [4.78, 5) is 26.9. The molecule has 0 saturated carbocycles. The van der Waals surface area contributed by atoms with Crippen molar-refractivity contribution in [3.63, 3.8) is 0 Å². The third-order valence-electron chi connectivity index (χ3n) is 6.05. The second-order valence-corrected chi connectivity index (χ2v) is 9.54. The molecule has 0 spiro atoms. The topological polar surface area (TPSA) is 77.8 Å². The second kappa shape index (κ2) is 11.4. The molecule has 2 aromatic rings. The number of hydrogen-bond acceptors (Lipinski definition) is 4. The number of amides is 1. The molecule has 1 aromatic carbocycles. The quantitative estimate of drug-likeness (QED) is 0.396. The van der Waals surface area contributed by atoms with Gasteiger partial charge in [0, 0.05) is 23.0 Å². The lowest BCUT2D eigenvalue weighted by Gasteiger charge is -2.25. The number of carbonyl (C=O) groups excluding carboxylic acids is 1. The van der Waals surface area contributed by atoms with Gasteiger partial charge in [-0.25, -0.2) is 4.79 Å². The highest BCUT2D eigenvalue weighted by molar-refractivity contribution is 7.13. The molecule has 2 atom stereocenters. The molecule has 6 heteroatoms. The van der Waals surface area contributed by atoms with Gasteiger partial charge < -0.3 is 15.1 Å². The fourth-order valence-corrected chi connectivity index (χ4v) is 5.19. The molecule has 2 N–H and O–H groups in total. The van der Waals surface area contributed by atoms with Gasteiger partial charge in [0.2, 0.25) is 5.91 Å². The van der Waals surface area contributed by atoms with E-state index < -0.39 is 12.1 Å². The molecule has 1 aromatic heterocycles. The fraction of sp³-hybridized carbons (Fsp3) is 0.520. The number of unbranched alkanes of at least 4 members (excludes halogenated alkanes) is 3. The Morgan fingerprint density at radius 3 is 2.58 bits per heavy atom. The number of carboxylic acid groups (broad SMARTS) is 1. The predicted octanol–water partition coefficient (Wildman–Crippen LogP) is 5.97. The summed E-state index contributed by atoms with van der Waals surface area (Å²) < 4.78 is 0. The third kappa shape index (κ3) is 6.40. The monoisotopic (exact) mass is 443 g/mol. The van der Waals surface area contributed by atoms with Crippen molar-refractivity contribution in [2.45, 2.75) is 83.3 Å². The minimum atomic E-state index is -0.877. The Kier molecular flexibility index (Phi) is 8.67. The number of carbonyl (C=O) groups is 2. The first-order chi connectivity index (χ1) is 15.0. The van der Waals surface area contributed by atoms with Crippen LogP contribution in [-0.4, -0.2) is 28.1 Å². The van der Waals surface area contributed by atoms with Crippen LogP contribution in [0.3, 0.4) is 0 Å². The largest absolute Gasteiger partial charge is 0.477 e. The number of aliphatic hydroxyl groups excluding tert-OH is 1. The zero-order valence-corrected chi connectivity index (χ0v) is 19.1. The Labute approximate surface area is 188 Å². The van der Waals surface area contributed by atoms with E-state index in [1.807, 2.05) is 35.2 Å². The van der Waals surface area contributed by atoms with Crippen molar-refractivity contribution in [3.05, 3.63) is 51.7 Å². The Morgan fingerprint density at radius 2 is 1.90 bits per heavy atom. The van der Waals surface area contributed by atoms with Crippen LogP contribution in [0.1, 0.15) is 90.9 Å². The summed E-state index contributed by atoms with van der Waals surface area (Å²) >= 11 is 1.33. The van der Waals surface area contributed by atoms with Gasteiger partial charge in [0.25, 0.3) is 0 Å². The summed E-state index contributed by atoms with van der Waals surface area (Å²) in [5, 5.41) is 19.5. The number of aliphatic hydroxyl groups is 1. The van der Waals surface area contributed by atoms with Crippen LogP contribution in [0.2, 0.25) is 0 Å². The van der Waals surface area contributed by atoms with E-state index >= 15 is 0 Å². The Bertz CT molecular complexity index is 861. The SMILES string of the molecule is CCCCCC[C@H](O)c1ccc(N2C(=O)CCC2CCCc2ccc(C(=O)O)s2)cc1. The minimum absolute atomic E-state index is 0.155. The van der Waals surface area contributed by atoms with Crippen molar-refractivity contribution in [1.82, 2.24) is 0 Å². The van der Waals surface area contributed by atoms with E-state index in [9.17, 15) is 14.7 Å². The molecule has 1 aliphatic rings. The van der Waals surface area contributed by atoms with E-state index in [-0.39, 0.29) is 11.9 Å². The van der Waals surface area contributed by atoms with Gasteiger partial charge in [-0.2, -0.15) is 0 Å². The van der Waals surface area contributed by atoms with Gasteiger partial charge >= 0.3 is 5.97 Å². The van der Waals surface area contributed by atoms with Crippen molar-refractivity contribution >= 4 is 28.9 Å². The van der Waals surface area contributed by atoms with E-state index in [1.165, 1.54) is 24.2 Å². The number of nitrogens with zero attached hydrogens (tertiary/aromatic N) is 1. The Hall–Kier alpha value is -2.18. The van der Waals surface area contributed by atoms with Crippen molar-refractivity contribution in [1.29, 1.82) is 0 Å². The molecule has 1 unspecified atom stereocenters. The first kappa shape index (κ1) is 23.5. The van der Waals surface area contributed by atoms with E-state index in [0.717, 1.165) is 61.1 Å². The normalized spacial score (nSPS) is 17.3. The van der Waals surface area contributed by atoms with Crippen LogP contribution in [0.25, 0.3) is 0 Å². The fourth-order valence-electron chi connectivity index (χ4n) is 4.30. The van der Waals surface area contributed by atoms with E-state index in [0.29, 0.717) is 11.3 Å². The molecule has 5 nitrogen and oxygen atoms in total. The van der Waals surface area contributed by atoms with Crippen molar-refractivity contribution < 1.29 is 19.8 Å². The lowest BCUT2D eigenvalue weighted by molar-refractivity contribution is -0.117. The second-order valence-electron chi connectivity index (χ2n) is 8.38. The zero-order valence-electron chi connectivity index (χ0n) is 18.3. The molecule has 1 aliphatic heterocycles. The highest BCUT2D eigenvalue weighted by Crippen LogP contribution is 2.31. The van der Waals surface area contributed by atoms with Gasteiger partial charge in [-0.1, -0.05) is 44.7 Å². The third-order valence-corrected chi connectivity index (χ3v) is 7.18. The highest BCUT2D eigenvalue weighted by Gasteiger charge is 2.31. The first-order valence-corrected chi connectivity index (χ1v) is 12.2. The van der Waals surface area contributed by atoms with Crippen LogP contribution >= 0.6 is 11.3 Å². The molecule has 0 radical (unpaired) electrons. The van der Waals surface area contributed by atoms with Crippen LogP contribution in [-0.2, 0) is 11.2 Å². The molecule has 1 amide bonds. The smallest absolute Gasteiger partial charge is 0.345 e. The lowest BCUT2D eigenvalue weighted by atomic mass is 10.0. The van der Waals surface area contributed by atoms with Crippen LogP contribution in [0.4, 0.5) is 5.69 Å². The van der Waals surface area contributed by atoms with Crippen molar-refractivity contribution in [3.8, 4) is 0 Å². The summed E-state index contributed by atoms with van der Waals surface area (Å²) in [7, 11) is 0. The molecule has 0 bridgehead atoms. The molecular weight excluding hydrogens is 410 g/mol. The van der Waals surface area contributed by atoms with Gasteiger partial charge in [-0.3, -0.25) is 4.79 Å². The number of aromatic carboxylic acids is 1. The lowest BCUT2D eigenvalue weighted by Crippen LogP contribution is -2.32. The van der Waals surface area contributed by atoms with Crippen molar-refractivity contribution in [2.24, 2.45) is 0 Å². The number of benzene rings is 1. The zero-order chi connectivity index (χ0) is 22.2.